The third-order valence-corrected chi connectivity index (χ3v) is 2.59. The van der Waals surface area contributed by atoms with Gasteiger partial charge in [-0.2, -0.15) is 9.65 Å². The van der Waals surface area contributed by atoms with Crippen molar-refractivity contribution in [3.05, 3.63) is 61.4 Å². The van der Waals surface area contributed by atoms with E-state index in [1.165, 1.54) is 0 Å². The third kappa shape index (κ3) is 2.13. The normalized spacial score (nSPS) is 10.2. The SMILES string of the molecule is N#Cc1cc(-n2c(=O)[nH]c(Cl)c(F)c2=O)ccc1F. The van der Waals surface area contributed by atoms with Crippen molar-refractivity contribution < 1.29 is 8.78 Å². The second-order valence-corrected chi connectivity index (χ2v) is 3.85. The van der Waals surface area contributed by atoms with Gasteiger partial charge < -0.3 is 0 Å². The van der Waals surface area contributed by atoms with Gasteiger partial charge in [0.2, 0.25) is 5.82 Å². The molecule has 0 unspecified atom stereocenters. The average Bonchev–Trinajstić information content (AvgIpc) is 2.38. The van der Waals surface area contributed by atoms with E-state index in [1.807, 2.05) is 4.98 Å². The van der Waals surface area contributed by atoms with Gasteiger partial charge in [-0.3, -0.25) is 9.78 Å². The fourth-order valence-corrected chi connectivity index (χ4v) is 1.62. The Hall–Kier alpha value is -2.46. The summed E-state index contributed by atoms with van der Waals surface area (Å²) in [6, 6.07) is 4.47. The quantitative estimate of drug-likeness (QED) is 0.802. The zero-order valence-electron chi connectivity index (χ0n) is 9.08. The summed E-state index contributed by atoms with van der Waals surface area (Å²) in [5, 5.41) is 7.95. The number of benzene rings is 1. The number of nitrogens with one attached hydrogen (secondary N) is 1. The number of nitriles is 1. The Bertz CT molecular complexity index is 820. The number of aromatic nitrogens is 2. The molecule has 0 atom stereocenters. The maximum Gasteiger partial charge on any atom is 0.334 e. The van der Waals surface area contributed by atoms with Crippen molar-refractivity contribution in [1.29, 1.82) is 5.26 Å². The molecule has 2 aromatic rings. The van der Waals surface area contributed by atoms with Crippen LogP contribution in [0.25, 0.3) is 5.69 Å². The van der Waals surface area contributed by atoms with Gasteiger partial charge in [0.05, 0.1) is 11.3 Å². The molecule has 0 bridgehead atoms. The zero-order chi connectivity index (χ0) is 14.2. The minimum atomic E-state index is -1.34. The van der Waals surface area contributed by atoms with Gasteiger partial charge in [-0.1, -0.05) is 11.6 Å². The smallest absolute Gasteiger partial charge is 0.295 e. The van der Waals surface area contributed by atoms with Crippen LogP contribution in [0.5, 0.6) is 0 Å². The molecule has 1 aromatic heterocycles. The van der Waals surface area contributed by atoms with Crippen molar-refractivity contribution in [2.45, 2.75) is 0 Å². The number of aromatic amines is 1. The maximum absolute atomic E-state index is 13.3. The van der Waals surface area contributed by atoms with Crippen molar-refractivity contribution in [3.63, 3.8) is 0 Å². The summed E-state index contributed by atoms with van der Waals surface area (Å²) in [5.74, 6) is -2.16. The molecule has 8 heteroatoms. The molecule has 0 saturated heterocycles. The molecule has 96 valence electrons. The molecule has 0 aliphatic heterocycles. The fourth-order valence-electron chi connectivity index (χ4n) is 1.46. The molecule has 0 aliphatic rings. The molecular formula is C11H4ClF2N3O2. The largest absolute Gasteiger partial charge is 0.334 e. The van der Waals surface area contributed by atoms with Crippen molar-refractivity contribution >= 4 is 11.6 Å². The number of halogens is 3. The van der Waals surface area contributed by atoms with E-state index in [9.17, 15) is 18.4 Å². The number of rotatable bonds is 1. The Morgan fingerprint density at radius 2 is 2.00 bits per heavy atom. The van der Waals surface area contributed by atoms with Gasteiger partial charge in [0.25, 0.3) is 5.56 Å². The van der Waals surface area contributed by atoms with Crippen LogP contribution in [0.3, 0.4) is 0 Å². The molecule has 0 amide bonds. The van der Waals surface area contributed by atoms with Gasteiger partial charge in [0.1, 0.15) is 11.9 Å². The Morgan fingerprint density at radius 1 is 1.32 bits per heavy atom. The average molecular weight is 284 g/mol. The second kappa shape index (κ2) is 4.66. The van der Waals surface area contributed by atoms with Crippen LogP contribution in [-0.4, -0.2) is 9.55 Å². The van der Waals surface area contributed by atoms with Crippen LogP contribution in [0.2, 0.25) is 5.15 Å². The molecule has 0 radical (unpaired) electrons. The Morgan fingerprint density at radius 3 is 2.63 bits per heavy atom. The summed E-state index contributed by atoms with van der Waals surface area (Å²) in [5.41, 5.74) is -2.80. The maximum atomic E-state index is 13.3. The first-order valence-electron chi connectivity index (χ1n) is 4.86. The number of nitrogens with zero attached hydrogens (tertiary/aromatic N) is 2. The summed E-state index contributed by atoms with van der Waals surface area (Å²) in [6.45, 7) is 0. The van der Waals surface area contributed by atoms with E-state index in [2.05, 4.69) is 0 Å². The molecule has 0 saturated carbocycles. The molecule has 0 spiro atoms. The highest BCUT2D eigenvalue weighted by molar-refractivity contribution is 6.29. The first-order valence-corrected chi connectivity index (χ1v) is 5.24. The highest BCUT2D eigenvalue weighted by Gasteiger charge is 2.14. The van der Waals surface area contributed by atoms with Gasteiger partial charge >= 0.3 is 5.69 Å². The van der Waals surface area contributed by atoms with E-state index in [0.717, 1.165) is 18.2 Å². The van der Waals surface area contributed by atoms with E-state index in [-0.39, 0.29) is 11.3 Å². The van der Waals surface area contributed by atoms with Crippen LogP contribution in [-0.2, 0) is 0 Å². The lowest BCUT2D eigenvalue weighted by molar-refractivity contribution is 0.584. The molecule has 1 aromatic carbocycles. The standard InChI is InChI=1S/C11H4ClF2N3O2/c12-9-8(14)10(18)17(11(19)16-9)6-1-2-7(13)5(3-6)4-15/h1-3H,(H,16,19). The Kier molecular flexibility index (Phi) is 3.19. The molecule has 5 nitrogen and oxygen atoms in total. The summed E-state index contributed by atoms with van der Waals surface area (Å²) < 4.78 is 26.9. The second-order valence-electron chi connectivity index (χ2n) is 3.47. The summed E-state index contributed by atoms with van der Waals surface area (Å²) in [6.07, 6.45) is 0. The number of hydrogen-bond acceptors (Lipinski definition) is 3. The van der Waals surface area contributed by atoms with E-state index in [0.29, 0.717) is 4.57 Å². The third-order valence-electron chi connectivity index (χ3n) is 2.33. The Labute approximate surface area is 109 Å². The van der Waals surface area contributed by atoms with E-state index in [1.54, 1.807) is 6.07 Å². The van der Waals surface area contributed by atoms with E-state index in [4.69, 9.17) is 16.9 Å². The highest BCUT2D eigenvalue weighted by atomic mass is 35.5. The monoisotopic (exact) mass is 283 g/mol. The Balaban J connectivity index is 2.81. The van der Waals surface area contributed by atoms with Gasteiger partial charge in [-0.15, -0.1) is 0 Å². The zero-order valence-corrected chi connectivity index (χ0v) is 9.83. The predicted molar refractivity (Wildman–Crippen MR) is 62.3 cm³/mol. The van der Waals surface area contributed by atoms with Gasteiger partial charge in [-0.05, 0) is 18.2 Å². The number of hydrogen-bond donors (Lipinski definition) is 1. The van der Waals surface area contributed by atoms with Crippen molar-refractivity contribution in [1.82, 2.24) is 9.55 Å². The van der Waals surface area contributed by atoms with Crippen LogP contribution in [0.4, 0.5) is 8.78 Å². The van der Waals surface area contributed by atoms with Crippen molar-refractivity contribution in [2.24, 2.45) is 0 Å². The predicted octanol–water partition coefficient (Wildman–Crippen LogP) is 1.33. The van der Waals surface area contributed by atoms with Crippen molar-refractivity contribution in [2.75, 3.05) is 0 Å². The molecule has 19 heavy (non-hydrogen) atoms. The highest BCUT2D eigenvalue weighted by Crippen LogP contribution is 2.12. The summed E-state index contributed by atoms with van der Waals surface area (Å²) >= 11 is 5.31. The number of H-pyrrole nitrogens is 1. The van der Waals surface area contributed by atoms with Crippen molar-refractivity contribution in [3.8, 4) is 11.8 Å². The van der Waals surface area contributed by atoms with Gasteiger partial charge in [0.15, 0.2) is 5.15 Å². The van der Waals surface area contributed by atoms with E-state index < -0.39 is 28.0 Å². The minimum Gasteiger partial charge on any atom is -0.295 e. The lowest BCUT2D eigenvalue weighted by Crippen LogP contribution is -2.35. The molecular weight excluding hydrogens is 280 g/mol. The van der Waals surface area contributed by atoms with Crippen LogP contribution >= 0.6 is 11.6 Å². The van der Waals surface area contributed by atoms with Crippen LogP contribution in [0.15, 0.2) is 27.8 Å². The summed E-state index contributed by atoms with van der Waals surface area (Å²) in [7, 11) is 0. The van der Waals surface area contributed by atoms with Crippen LogP contribution in [0.1, 0.15) is 5.56 Å². The topological polar surface area (TPSA) is 78.7 Å². The lowest BCUT2D eigenvalue weighted by Gasteiger charge is -2.05. The molecule has 0 aliphatic carbocycles. The first kappa shape index (κ1) is 13.0. The van der Waals surface area contributed by atoms with Gasteiger partial charge in [-0.25, -0.2) is 13.8 Å². The fraction of sp³-hybridized carbons (Fsp3) is 0. The van der Waals surface area contributed by atoms with Crippen LogP contribution < -0.4 is 11.2 Å². The molecule has 2 rings (SSSR count). The van der Waals surface area contributed by atoms with Crippen LogP contribution in [0, 0.1) is 23.0 Å². The minimum absolute atomic E-state index is 0.139. The lowest BCUT2D eigenvalue weighted by atomic mass is 10.2. The summed E-state index contributed by atoms with van der Waals surface area (Å²) in [4.78, 5) is 25.1. The van der Waals surface area contributed by atoms with Gasteiger partial charge in [0, 0.05) is 0 Å². The molecule has 0 fully saturated rings. The molecule has 1 heterocycles. The van der Waals surface area contributed by atoms with E-state index >= 15 is 0 Å². The first-order chi connectivity index (χ1) is 8.95. The molecule has 1 N–H and O–H groups in total.